The van der Waals surface area contributed by atoms with E-state index in [4.69, 9.17) is 4.74 Å². The maximum atomic E-state index is 5.06. The molecule has 0 N–H and O–H groups in total. The predicted octanol–water partition coefficient (Wildman–Crippen LogP) is 2.98. The van der Waals surface area contributed by atoms with Crippen LogP contribution in [0.25, 0.3) is 0 Å². The largest absolute Gasteiger partial charge is 0.497 e. The van der Waals surface area contributed by atoms with Crippen LogP contribution in [0.15, 0.2) is 36.9 Å². The van der Waals surface area contributed by atoms with Crippen LogP contribution in [0.5, 0.6) is 5.75 Å². The molecule has 1 aromatic rings. The molecule has 0 aliphatic heterocycles. The van der Waals surface area contributed by atoms with E-state index in [1.165, 1.54) is 5.56 Å². The van der Waals surface area contributed by atoms with Crippen LogP contribution >= 0.6 is 0 Å². The quantitative estimate of drug-likeness (QED) is 0.621. The summed E-state index contributed by atoms with van der Waals surface area (Å²) in [6, 6.07) is 8.06. The minimum absolute atomic E-state index is 0.413. The lowest BCUT2D eigenvalue weighted by atomic mass is 10.0. The summed E-state index contributed by atoms with van der Waals surface area (Å²) in [6.07, 6.45) is 1.93. The molecular weight excluding hydrogens is 148 g/mol. The number of benzene rings is 1. The molecule has 0 radical (unpaired) electrons. The van der Waals surface area contributed by atoms with Gasteiger partial charge < -0.3 is 4.74 Å². The first-order chi connectivity index (χ1) is 5.77. The second kappa shape index (κ2) is 3.96. The Labute approximate surface area is 73.7 Å². The summed E-state index contributed by atoms with van der Waals surface area (Å²) >= 11 is 0. The zero-order chi connectivity index (χ0) is 8.97. The monoisotopic (exact) mass is 162 g/mol. The standard InChI is InChI=1S/C11H14O/c1-4-9(2)10-5-7-11(12-3)8-6-10/h4-9H,1H2,2-3H3/t9-/m1/s1. The average Bonchev–Trinajstić information content (AvgIpc) is 2.17. The SMILES string of the molecule is C=C[C@@H](C)c1ccc(OC)cc1. The van der Waals surface area contributed by atoms with Crippen LogP contribution in [0.3, 0.4) is 0 Å². The van der Waals surface area contributed by atoms with E-state index in [-0.39, 0.29) is 0 Å². The fourth-order valence-corrected chi connectivity index (χ4v) is 1.04. The van der Waals surface area contributed by atoms with E-state index in [2.05, 4.69) is 25.6 Å². The molecule has 0 heterocycles. The Kier molecular flexibility index (Phi) is 2.92. The van der Waals surface area contributed by atoms with E-state index in [0.29, 0.717) is 5.92 Å². The molecule has 0 bridgehead atoms. The van der Waals surface area contributed by atoms with Crippen molar-refractivity contribution in [1.82, 2.24) is 0 Å². The van der Waals surface area contributed by atoms with Gasteiger partial charge in [-0.05, 0) is 23.6 Å². The number of ether oxygens (including phenoxy) is 1. The molecule has 0 amide bonds. The molecule has 0 aromatic heterocycles. The first-order valence-corrected chi connectivity index (χ1v) is 4.04. The highest BCUT2D eigenvalue weighted by Crippen LogP contribution is 2.19. The van der Waals surface area contributed by atoms with Gasteiger partial charge in [-0.3, -0.25) is 0 Å². The van der Waals surface area contributed by atoms with E-state index < -0.39 is 0 Å². The fourth-order valence-electron chi connectivity index (χ4n) is 1.04. The van der Waals surface area contributed by atoms with Crippen molar-refractivity contribution >= 4 is 0 Å². The van der Waals surface area contributed by atoms with E-state index in [0.717, 1.165) is 5.75 Å². The van der Waals surface area contributed by atoms with E-state index in [1.807, 2.05) is 18.2 Å². The summed E-state index contributed by atoms with van der Waals surface area (Å²) in [5.41, 5.74) is 1.27. The number of hydrogen-bond donors (Lipinski definition) is 0. The zero-order valence-electron chi connectivity index (χ0n) is 7.58. The van der Waals surface area contributed by atoms with Gasteiger partial charge in [0.05, 0.1) is 7.11 Å². The van der Waals surface area contributed by atoms with Crippen molar-refractivity contribution in [2.75, 3.05) is 7.11 Å². The Morgan fingerprint density at radius 1 is 1.33 bits per heavy atom. The van der Waals surface area contributed by atoms with E-state index in [9.17, 15) is 0 Å². The van der Waals surface area contributed by atoms with Gasteiger partial charge in [-0.2, -0.15) is 0 Å². The van der Waals surface area contributed by atoms with Crippen molar-refractivity contribution in [1.29, 1.82) is 0 Å². The molecule has 0 fully saturated rings. The highest BCUT2D eigenvalue weighted by atomic mass is 16.5. The summed E-state index contributed by atoms with van der Waals surface area (Å²) < 4.78 is 5.06. The third-order valence-electron chi connectivity index (χ3n) is 2.00. The lowest BCUT2D eigenvalue weighted by Gasteiger charge is -2.06. The summed E-state index contributed by atoms with van der Waals surface area (Å²) in [6.45, 7) is 5.87. The van der Waals surface area contributed by atoms with E-state index in [1.54, 1.807) is 7.11 Å². The van der Waals surface area contributed by atoms with Gasteiger partial charge >= 0.3 is 0 Å². The average molecular weight is 162 g/mol. The predicted molar refractivity (Wildman–Crippen MR) is 51.6 cm³/mol. The molecule has 64 valence electrons. The van der Waals surface area contributed by atoms with Crippen LogP contribution in [0.2, 0.25) is 0 Å². The lowest BCUT2D eigenvalue weighted by molar-refractivity contribution is 0.414. The summed E-state index contributed by atoms with van der Waals surface area (Å²) in [7, 11) is 1.67. The zero-order valence-corrected chi connectivity index (χ0v) is 7.58. The molecule has 0 aliphatic rings. The molecule has 1 aromatic carbocycles. The number of allylic oxidation sites excluding steroid dienone is 1. The first kappa shape index (κ1) is 8.85. The number of hydrogen-bond acceptors (Lipinski definition) is 1. The Bertz CT molecular complexity index is 248. The van der Waals surface area contributed by atoms with Gasteiger partial charge in [-0.15, -0.1) is 6.58 Å². The van der Waals surface area contributed by atoms with Gasteiger partial charge in [-0.1, -0.05) is 25.1 Å². The Morgan fingerprint density at radius 2 is 1.92 bits per heavy atom. The molecule has 1 atom stereocenters. The molecule has 12 heavy (non-hydrogen) atoms. The maximum Gasteiger partial charge on any atom is 0.118 e. The number of rotatable bonds is 3. The summed E-state index contributed by atoms with van der Waals surface area (Å²) in [5, 5.41) is 0. The second-order valence-corrected chi connectivity index (χ2v) is 2.80. The van der Waals surface area contributed by atoms with Gasteiger partial charge in [0.1, 0.15) is 5.75 Å². The third kappa shape index (κ3) is 1.88. The molecule has 0 saturated carbocycles. The van der Waals surface area contributed by atoms with Crippen molar-refractivity contribution in [2.45, 2.75) is 12.8 Å². The van der Waals surface area contributed by atoms with Gasteiger partial charge in [0.2, 0.25) is 0 Å². The molecule has 0 saturated heterocycles. The highest BCUT2D eigenvalue weighted by Gasteiger charge is 1.99. The maximum absolute atomic E-state index is 5.06. The van der Waals surface area contributed by atoms with Crippen LogP contribution < -0.4 is 4.74 Å². The Hall–Kier alpha value is -1.24. The molecule has 0 spiro atoms. The smallest absolute Gasteiger partial charge is 0.118 e. The number of methoxy groups -OCH3 is 1. The Balaban J connectivity index is 2.84. The van der Waals surface area contributed by atoms with Crippen molar-refractivity contribution in [2.24, 2.45) is 0 Å². The third-order valence-corrected chi connectivity index (χ3v) is 2.00. The minimum Gasteiger partial charge on any atom is -0.497 e. The van der Waals surface area contributed by atoms with Crippen LogP contribution in [-0.2, 0) is 0 Å². The fraction of sp³-hybridized carbons (Fsp3) is 0.273. The van der Waals surface area contributed by atoms with Crippen molar-refractivity contribution in [3.63, 3.8) is 0 Å². The van der Waals surface area contributed by atoms with Gasteiger partial charge in [0, 0.05) is 0 Å². The molecule has 1 rings (SSSR count). The molecular formula is C11H14O. The lowest BCUT2D eigenvalue weighted by Crippen LogP contribution is -1.88. The van der Waals surface area contributed by atoms with Crippen LogP contribution in [0, 0.1) is 0 Å². The van der Waals surface area contributed by atoms with Crippen molar-refractivity contribution in [3.05, 3.63) is 42.5 Å². The summed E-state index contributed by atoms with van der Waals surface area (Å²) in [4.78, 5) is 0. The second-order valence-electron chi connectivity index (χ2n) is 2.80. The molecule has 0 unspecified atom stereocenters. The van der Waals surface area contributed by atoms with Crippen molar-refractivity contribution < 1.29 is 4.74 Å². The highest BCUT2D eigenvalue weighted by molar-refractivity contribution is 5.30. The molecule has 0 aliphatic carbocycles. The summed E-state index contributed by atoms with van der Waals surface area (Å²) in [5.74, 6) is 1.31. The van der Waals surface area contributed by atoms with E-state index >= 15 is 0 Å². The minimum atomic E-state index is 0.413. The van der Waals surface area contributed by atoms with Crippen LogP contribution in [-0.4, -0.2) is 7.11 Å². The van der Waals surface area contributed by atoms with Gasteiger partial charge in [-0.25, -0.2) is 0 Å². The molecule has 1 nitrogen and oxygen atoms in total. The van der Waals surface area contributed by atoms with Gasteiger partial charge in [0.25, 0.3) is 0 Å². The van der Waals surface area contributed by atoms with Crippen LogP contribution in [0.4, 0.5) is 0 Å². The van der Waals surface area contributed by atoms with Crippen LogP contribution in [0.1, 0.15) is 18.4 Å². The topological polar surface area (TPSA) is 9.23 Å². The Morgan fingerprint density at radius 3 is 2.33 bits per heavy atom. The molecule has 1 heteroatoms. The van der Waals surface area contributed by atoms with Gasteiger partial charge in [0.15, 0.2) is 0 Å². The first-order valence-electron chi connectivity index (χ1n) is 4.04. The normalized spacial score (nSPS) is 12.2. The van der Waals surface area contributed by atoms with Crippen molar-refractivity contribution in [3.8, 4) is 5.75 Å².